The zero-order chi connectivity index (χ0) is 24.1. The Morgan fingerprint density at radius 1 is 1.00 bits per heavy atom. The van der Waals surface area contributed by atoms with Crippen LogP contribution < -0.4 is 10.2 Å². The number of benzene rings is 3. The number of nitriles is 1. The Kier molecular flexibility index (Phi) is 7.15. The maximum atomic E-state index is 13.5. The van der Waals surface area contributed by atoms with E-state index >= 15 is 0 Å². The topological polar surface area (TPSA) is 73.2 Å². The van der Waals surface area contributed by atoms with E-state index < -0.39 is 11.2 Å². The predicted molar refractivity (Wildman–Crippen MR) is 137 cm³/mol. The van der Waals surface area contributed by atoms with Gasteiger partial charge >= 0.3 is 0 Å². The number of carbonyl (C=O) groups is 2. The van der Waals surface area contributed by atoms with Crippen LogP contribution in [0.5, 0.6) is 0 Å². The Bertz CT molecular complexity index is 1260. The molecule has 6 heteroatoms. The Morgan fingerprint density at radius 3 is 2.26 bits per heavy atom. The molecular formula is C28H25N3O2S. The van der Waals surface area contributed by atoms with Crippen molar-refractivity contribution < 1.29 is 9.59 Å². The third-order valence-electron chi connectivity index (χ3n) is 5.68. The number of carbonyl (C=O) groups excluding carboxylic acids is 2. The molecule has 3 aromatic carbocycles. The molecule has 5 nitrogen and oxygen atoms in total. The minimum Gasteiger partial charge on any atom is -0.321 e. The summed E-state index contributed by atoms with van der Waals surface area (Å²) in [7, 11) is 0. The molecule has 170 valence electrons. The number of para-hydroxylation sites is 1. The number of amides is 2. The summed E-state index contributed by atoms with van der Waals surface area (Å²) in [6.07, 6.45) is 1.46. The molecule has 1 saturated heterocycles. The average molecular weight is 468 g/mol. The van der Waals surface area contributed by atoms with E-state index in [1.165, 1.54) is 22.2 Å². The maximum Gasteiger partial charge on any atom is 0.269 e. The number of nitrogens with zero attached hydrogens (tertiary/aromatic N) is 2. The number of hydrogen-bond acceptors (Lipinski definition) is 4. The first-order valence-electron chi connectivity index (χ1n) is 11.2. The van der Waals surface area contributed by atoms with Gasteiger partial charge in [-0.05, 0) is 55.2 Å². The molecule has 1 aliphatic heterocycles. The van der Waals surface area contributed by atoms with Crippen LogP contribution in [0.4, 0.5) is 11.4 Å². The van der Waals surface area contributed by atoms with E-state index in [-0.39, 0.29) is 11.5 Å². The lowest BCUT2D eigenvalue weighted by Gasteiger charge is -2.18. The van der Waals surface area contributed by atoms with Gasteiger partial charge in [0.25, 0.3) is 5.91 Å². The van der Waals surface area contributed by atoms with Gasteiger partial charge in [-0.1, -0.05) is 78.8 Å². The largest absolute Gasteiger partial charge is 0.321 e. The number of hydrogen-bond donors (Lipinski definition) is 1. The third-order valence-corrected chi connectivity index (χ3v) is 6.94. The standard InChI is InChI=1S/C28H25N3O2S/c1-3-20-11-13-21(14-12-20)17-25-27(33)31(23-7-5-4-6-8-23)28(34-25)24(18-29)26(32)30-22-15-9-19(2)10-16-22/h4-16,25H,3,17H2,1-2H3,(H,30,32). The van der Waals surface area contributed by atoms with Crippen molar-refractivity contribution in [1.82, 2.24) is 0 Å². The third kappa shape index (κ3) is 5.05. The van der Waals surface area contributed by atoms with E-state index in [1.54, 1.807) is 12.1 Å². The summed E-state index contributed by atoms with van der Waals surface area (Å²) in [5, 5.41) is 12.7. The minimum atomic E-state index is -0.532. The van der Waals surface area contributed by atoms with Crippen molar-refractivity contribution in [3.8, 4) is 6.07 Å². The van der Waals surface area contributed by atoms with Crippen LogP contribution >= 0.6 is 11.8 Å². The fourth-order valence-electron chi connectivity index (χ4n) is 3.75. The highest BCUT2D eigenvalue weighted by Crippen LogP contribution is 2.42. The quantitative estimate of drug-likeness (QED) is 0.377. The number of anilines is 2. The van der Waals surface area contributed by atoms with Crippen molar-refractivity contribution in [3.05, 3.63) is 106 Å². The molecule has 1 heterocycles. The van der Waals surface area contributed by atoms with Crippen molar-refractivity contribution in [3.63, 3.8) is 0 Å². The Morgan fingerprint density at radius 2 is 1.65 bits per heavy atom. The van der Waals surface area contributed by atoms with E-state index in [1.807, 2.05) is 67.6 Å². The SMILES string of the molecule is CCc1ccc(CC2SC(=C(C#N)C(=O)Nc3ccc(C)cc3)N(c3ccccc3)C2=O)cc1. The number of thioether (sulfide) groups is 1. The second-order valence-corrected chi connectivity index (χ2v) is 9.29. The molecule has 0 bridgehead atoms. The first-order valence-corrected chi connectivity index (χ1v) is 12.0. The van der Waals surface area contributed by atoms with Crippen molar-refractivity contribution in [2.75, 3.05) is 10.2 Å². The zero-order valence-electron chi connectivity index (χ0n) is 19.1. The lowest BCUT2D eigenvalue weighted by Crippen LogP contribution is -2.30. The molecule has 0 aromatic heterocycles. The number of rotatable bonds is 6. The van der Waals surface area contributed by atoms with Gasteiger partial charge in [-0.2, -0.15) is 5.26 Å². The van der Waals surface area contributed by atoms with Crippen molar-refractivity contribution in [1.29, 1.82) is 5.26 Å². The lowest BCUT2D eigenvalue weighted by molar-refractivity contribution is -0.117. The molecule has 34 heavy (non-hydrogen) atoms. The van der Waals surface area contributed by atoms with E-state index in [4.69, 9.17) is 0 Å². The van der Waals surface area contributed by atoms with Crippen LogP contribution in [-0.4, -0.2) is 17.1 Å². The van der Waals surface area contributed by atoms with Gasteiger partial charge in [0.05, 0.1) is 5.25 Å². The summed E-state index contributed by atoms with van der Waals surface area (Å²) in [4.78, 5) is 28.1. The van der Waals surface area contributed by atoms with E-state index in [0.29, 0.717) is 22.8 Å². The van der Waals surface area contributed by atoms with Gasteiger partial charge in [0.1, 0.15) is 16.7 Å². The highest BCUT2D eigenvalue weighted by Gasteiger charge is 2.40. The Hall–Kier alpha value is -3.82. The van der Waals surface area contributed by atoms with Crippen LogP contribution in [0.15, 0.2) is 89.5 Å². The molecule has 1 N–H and O–H groups in total. The lowest BCUT2D eigenvalue weighted by atomic mass is 10.1. The first kappa shape index (κ1) is 23.3. The molecule has 2 amide bonds. The Balaban J connectivity index is 1.68. The summed E-state index contributed by atoms with van der Waals surface area (Å²) < 4.78 is 0. The number of nitrogens with one attached hydrogen (secondary N) is 1. The van der Waals surface area contributed by atoms with Gasteiger partial charge in [0, 0.05) is 11.4 Å². The summed E-state index contributed by atoms with van der Waals surface area (Å²) in [6, 6.07) is 26.8. The highest BCUT2D eigenvalue weighted by atomic mass is 32.2. The van der Waals surface area contributed by atoms with Gasteiger partial charge in [-0.3, -0.25) is 14.5 Å². The van der Waals surface area contributed by atoms with Crippen molar-refractivity contribution >= 4 is 35.0 Å². The van der Waals surface area contributed by atoms with Crippen LogP contribution in [0, 0.1) is 18.3 Å². The van der Waals surface area contributed by atoms with Crippen LogP contribution in [0.1, 0.15) is 23.6 Å². The van der Waals surface area contributed by atoms with Gasteiger partial charge in [-0.25, -0.2) is 0 Å². The average Bonchev–Trinajstić information content (AvgIpc) is 3.17. The van der Waals surface area contributed by atoms with Gasteiger partial charge < -0.3 is 5.32 Å². The summed E-state index contributed by atoms with van der Waals surface area (Å²) in [5.41, 5.74) is 4.50. The second kappa shape index (κ2) is 10.4. The van der Waals surface area contributed by atoms with Crippen molar-refractivity contribution in [2.24, 2.45) is 0 Å². The zero-order valence-corrected chi connectivity index (χ0v) is 19.9. The van der Waals surface area contributed by atoms with E-state index in [2.05, 4.69) is 24.4 Å². The molecule has 4 rings (SSSR count). The van der Waals surface area contributed by atoms with Crippen molar-refractivity contribution in [2.45, 2.75) is 31.9 Å². The minimum absolute atomic E-state index is 0.0772. The monoisotopic (exact) mass is 467 g/mol. The van der Waals surface area contributed by atoms with Gasteiger partial charge in [-0.15, -0.1) is 0 Å². The van der Waals surface area contributed by atoms with Crippen LogP contribution in [-0.2, 0) is 22.4 Å². The normalized spacial score (nSPS) is 16.8. The molecule has 1 atom stereocenters. The molecular weight excluding hydrogens is 442 g/mol. The Labute approximate surface area is 204 Å². The predicted octanol–water partition coefficient (Wildman–Crippen LogP) is 5.62. The molecule has 1 fully saturated rings. The highest BCUT2D eigenvalue weighted by molar-refractivity contribution is 8.05. The fourth-order valence-corrected chi connectivity index (χ4v) is 5.06. The van der Waals surface area contributed by atoms with Crippen LogP contribution in [0.3, 0.4) is 0 Å². The van der Waals surface area contributed by atoms with Gasteiger partial charge in [0.15, 0.2) is 0 Å². The maximum absolute atomic E-state index is 13.5. The molecule has 0 spiro atoms. The molecule has 0 saturated carbocycles. The summed E-state index contributed by atoms with van der Waals surface area (Å²) in [5.74, 6) is -0.669. The second-order valence-electron chi connectivity index (χ2n) is 8.10. The molecule has 1 unspecified atom stereocenters. The fraction of sp³-hybridized carbons (Fsp3) is 0.179. The van der Waals surface area contributed by atoms with Crippen LogP contribution in [0.25, 0.3) is 0 Å². The van der Waals surface area contributed by atoms with E-state index in [0.717, 1.165) is 17.5 Å². The first-order chi connectivity index (χ1) is 16.5. The summed E-state index contributed by atoms with van der Waals surface area (Å²) in [6.45, 7) is 4.06. The number of aryl methyl sites for hydroxylation is 2. The van der Waals surface area contributed by atoms with Gasteiger partial charge in [0.2, 0.25) is 5.91 Å². The molecule has 3 aromatic rings. The molecule has 0 radical (unpaired) electrons. The molecule has 0 aliphatic carbocycles. The molecule has 1 aliphatic rings. The van der Waals surface area contributed by atoms with Crippen LogP contribution in [0.2, 0.25) is 0 Å². The van der Waals surface area contributed by atoms with E-state index in [9.17, 15) is 14.9 Å². The summed E-state index contributed by atoms with van der Waals surface area (Å²) >= 11 is 1.27. The smallest absolute Gasteiger partial charge is 0.269 e.